The highest BCUT2D eigenvalue weighted by atomic mass is 35.5. The Bertz CT molecular complexity index is 1120. The normalized spacial score (nSPS) is 19.2. The van der Waals surface area contributed by atoms with Crippen molar-refractivity contribution in [3.05, 3.63) is 48.5 Å². The van der Waals surface area contributed by atoms with Gasteiger partial charge in [0, 0.05) is 24.3 Å². The van der Waals surface area contributed by atoms with Gasteiger partial charge in [-0.3, -0.25) is 4.79 Å². The van der Waals surface area contributed by atoms with E-state index >= 15 is 0 Å². The molecule has 0 unspecified atom stereocenters. The van der Waals surface area contributed by atoms with Crippen LogP contribution in [-0.2, 0) is 9.53 Å². The average molecular weight is 475 g/mol. The Morgan fingerprint density at radius 3 is 2.70 bits per heavy atom. The summed E-state index contributed by atoms with van der Waals surface area (Å²) in [5.41, 5.74) is 1.88. The highest BCUT2D eigenvalue weighted by Gasteiger charge is 2.60. The largest absolute Gasteiger partial charge is 0.497 e. The SMILES string of the molecule is CCOCCOc1nc(-c2ccc(OC)cc2)n(-c2cccc(NC(=O)[C@@]3(Cl)C[C@H]3F)c2)n1. The van der Waals surface area contributed by atoms with E-state index in [1.165, 1.54) is 0 Å². The quantitative estimate of drug-likeness (QED) is 0.353. The molecule has 10 heteroatoms. The number of nitrogens with one attached hydrogen (secondary N) is 1. The third kappa shape index (κ3) is 5.09. The molecule has 0 spiro atoms. The van der Waals surface area contributed by atoms with Gasteiger partial charge in [0.1, 0.15) is 18.5 Å². The number of halogens is 2. The molecule has 8 nitrogen and oxygen atoms in total. The number of ether oxygens (including phenoxy) is 3. The summed E-state index contributed by atoms with van der Waals surface area (Å²) in [7, 11) is 1.60. The molecule has 1 aliphatic carbocycles. The van der Waals surface area contributed by atoms with E-state index in [0.717, 1.165) is 5.56 Å². The van der Waals surface area contributed by atoms with Crippen LogP contribution in [0.1, 0.15) is 13.3 Å². The molecule has 3 aromatic rings. The molecule has 2 aromatic carbocycles. The van der Waals surface area contributed by atoms with Crippen molar-refractivity contribution in [1.29, 1.82) is 0 Å². The van der Waals surface area contributed by atoms with Crippen LogP contribution in [0.15, 0.2) is 48.5 Å². The Labute approximate surface area is 195 Å². The summed E-state index contributed by atoms with van der Waals surface area (Å²) >= 11 is 6.00. The number of benzene rings is 2. The zero-order valence-electron chi connectivity index (χ0n) is 18.3. The van der Waals surface area contributed by atoms with Crippen LogP contribution in [0.5, 0.6) is 11.8 Å². The maximum absolute atomic E-state index is 13.5. The second-order valence-electron chi connectivity index (χ2n) is 7.44. The number of amides is 1. The van der Waals surface area contributed by atoms with Gasteiger partial charge in [0.25, 0.3) is 0 Å². The molecular formula is C23H24ClFN4O4. The minimum atomic E-state index is -1.49. The predicted octanol–water partition coefficient (Wildman–Crippen LogP) is 4.02. The summed E-state index contributed by atoms with van der Waals surface area (Å²) < 4.78 is 31.3. The maximum Gasteiger partial charge on any atom is 0.336 e. The highest BCUT2D eigenvalue weighted by molar-refractivity contribution is 6.39. The van der Waals surface area contributed by atoms with E-state index in [-0.39, 0.29) is 12.4 Å². The van der Waals surface area contributed by atoms with E-state index in [4.69, 9.17) is 25.8 Å². The van der Waals surface area contributed by atoms with Crippen LogP contribution in [0.2, 0.25) is 0 Å². The number of nitrogens with zero attached hydrogens (tertiary/aromatic N) is 3. The molecule has 1 N–H and O–H groups in total. The van der Waals surface area contributed by atoms with E-state index < -0.39 is 17.0 Å². The van der Waals surface area contributed by atoms with Gasteiger partial charge in [-0.15, -0.1) is 16.7 Å². The van der Waals surface area contributed by atoms with Crippen LogP contribution in [0.25, 0.3) is 17.1 Å². The van der Waals surface area contributed by atoms with E-state index in [1.54, 1.807) is 30.0 Å². The number of hydrogen-bond acceptors (Lipinski definition) is 6. The van der Waals surface area contributed by atoms with Crippen molar-refractivity contribution in [2.45, 2.75) is 24.4 Å². The first kappa shape index (κ1) is 23.0. The van der Waals surface area contributed by atoms with Crippen molar-refractivity contribution in [2.24, 2.45) is 0 Å². The third-order valence-corrected chi connectivity index (χ3v) is 5.70. The summed E-state index contributed by atoms with van der Waals surface area (Å²) in [4.78, 5) is 15.4. The monoisotopic (exact) mass is 474 g/mol. The van der Waals surface area contributed by atoms with Crippen molar-refractivity contribution >= 4 is 23.2 Å². The third-order valence-electron chi connectivity index (χ3n) is 5.14. The first-order valence-electron chi connectivity index (χ1n) is 10.5. The van der Waals surface area contributed by atoms with Crippen molar-refractivity contribution < 1.29 is 23.4 Å². The zero-order chi connectivity index (χ0) is 23.4. The summed E-state index contributed by atoms with van der Waals surface area (Å²) in [6.45, 7) is 3.22. The van der Waals surface area contributed by atoms with Gasteiger partial charge in [-0.2, -0.15) is 4.98 Å². The molecule has 33 heavy (non-hydrogen) atoms. The second kappa shape index (κ2) is 9.76. The first-order chi connectivity index (χ1) is 15.9. The molecule has 0 bridgehead atoms. The van der Waals surface area contributed by atoms with E-state index in [2.05, 4.69) is 15.4 Å². The zero-order valence-corrected chi connectivity index (χ0v) is 19.0. The van der Waals surface area contributed by atoms with Crippen LogP contribution in [-0.4, -0.2) is 58.6 Å². The van der Waals surface area contributed by atoms with Crippen LogP contribution in [0.3, 0.4) is 0 Å². The van der Waals surface area contributed by atoms with Gasteiger partial charge in [-0.25, -0.2) is 9.07 Å². The minimum absolute atomic E-state index is 0.00716. The fourth-order valence-electron chi connectivity index (χ4n) is 3.18. The van der Waals surface area contributed by atoms with Crippen molar-refractivity contribution in [1.82, 2.24) is 14.8 Å². The summed E-state index contributed by atoms with van der Waals surface area (Å²) in [5.74, 6) is 0.680. The molecule has 1 amide bonds. The van der Waals surface area contributed by atoms with E-state index in [0.29, 0.717) is 42.8 Å². The first-order valence-corrected chi connectivity index (χ1v) is 10.9. The minimum Gasteiger partial charge on any atom is -0.497 e. The molecular weight excluding hydrogens is 451 g/mol. The number of rotatable bonds is 10. The number of carbonyl (C=O) groups is 1. The van der Waals surface area contributed by atoms with Crippen LogP contribution in [0, 0.1) is 0 Å². The maximum atomic E-state index is 13.5. The Morgan fingerprint density at radius 1 is 1.27 bits per heavy atom. The molecule has 0 aliphatic heterocycles. The standard InChI is InChI=1S/C23H24ClFN4O4/c1-3-32-11-12-33-22-27-20(15-7-9-18(31-2)10-8-15)29(28-22)17-6-4-5-16(13-17)26-21(30)23(24)14-19(23)25/h4-10,13,19H,3,11-12,14H2,1-2H3,(H,26,30)/t19-,23-/m1/s1. The molecule has 1 fully saturated rings. The van der Waals surface area contributed by atoms with E-state index in [1.807, 2.05) is 37.3 Å². The van der Waals surface area contributed by atoms with Gasteiger partial charge in [-0.05, 0) is 49.4 Å². The number of hydrogen-bond donors (Lipinski definition) is 1. The van der Waals surface area contributed by atoms with Gasteiger partial charge in [-0.1, -0.05) is 6.07 Å². The van der Waals surface area contributed by atoms with Crippen molar-refractivity contribution in [3.63, 3.8) is 0 Å². The smallest absolute Gasteiger partial charge is 0.336 e. The Hall–Kier alpha value is -3.17. The summed E-state index contributed by atoms with van der Waals surface area (Å²) in [6, 6.07) is 14.5. The number of alkyl halides is 2. The lowest BCUT2D eigenvalue weighted by atomic mass is 10.2. The molecule has 0 radical (unpaired) electrons. The molecule has 174 valence electrons. The topological polar surface area (TPSA) is 87.5 Å². The lowest BCUT2D eigenvalue weighted by Gasteiger charge is -2.11. The molecule has 1 aliphatic rings. The van der Waals surface area contributed by atoms with Gasteiger partial charge in [0.15, 0.2) is 10.7 Å². The van der Waals surface area contributed by atoms with Crippen molar-refractivity contribution in [2.75, 3.05) is 32.2 Å². The van der Waals surface area contributed by atoms with Gasteiger partial charge < -0.3 is 19.5 Å². The molecule has 1 saturated carbocycles. The number of methoxy groups -OCH3 is 1. The Morgan fingerprint density at radius 2 is 2.03 bits per heavy atom. The van der Waals surface area contributed by atoms with Crippen LogP contribution >= 0.6 is 11.6 Å². The molecule has 1 aromatic heterocycles. The Kier molecular flexibility index (Phi) is 6.80. The summed E-state index contributed by atoms with van der Waals surface area (Å²) in [6.07, 6.45) is -1.33. The van der Waals surface area contributed by atoms with Crippen LogP contribution in [0.4, 0.5) is 10.1 Å². The molecule has 2 atom stereocenters. The number of aromatic nitrogens is 3. The van der Waals surface area contributed by atoms with Crippen LogP contribution < -0.4 is 14.8 Å². The van der Waals surface area contributed by atoms with Gasteiger partial charge in [0.2, 0.25) is 5.91 Å². The lowest BCUT2D eigenvalue weighted by molar-refractivity contribution is -0.116. The lowest BCUT2D eigenvalue weighted by Crippen LogP contribution is -2.27. The highest BCUT2D eigenvalue weighted by Crippen LogP contribution is 2.46. The fourth-order valence-corrected chi connectivity index (χ4v) is 3.37. The van der Waals surface area contributed by atoms with Crippen molar-refractivity contribution in [3.8, 4) is 28.8 Å². The molecule has 4 rings (SSSR count). The average Bonchev–Trinajstić information content (AvgIpc) is 3.25. The Balaban J connectivity index is 1.63. The molecule has 1 heterocycles. The van der Waals surface area contributed by atoms with E-state index in [9.17, 15) is 9.18 Å². The summed E-state index contributed by atoms with van der Waals surface area (Å²) in [5, 5.41) is 7.17. The van der Waals surface area contributed by atoms with Gasteiger partial charge in [0.05, 0.1) is 19.4 Å². The number of anilines is 1. The predicted molar refractivity (Wildman–Crippen MR) is 122 cm³/mol. The molecule has 0 saturated heterocycles. The second-order valence-corrected chi connectivity index (χ2v) is 8.12. The number of carbonyl (C=O) groups excluding carboxylic acids is 1. The van der Waals surface area contributed by atoms with Gasteiger partial charge >= 0.3 is 6.01 Å². The fraction of sp³-hybridized carbons (Fsp3) is 0.348.